The molecule has 1 aliphatic rings. The Morgan fingerprint density at radius 3 is 2.52 bits per heavy atom. The number of ketones is 1. The van der Waals surface area contributed by atoms with Gasteiger partial charge in [-0.25, -0.2) is 0 Å². The maximum absolute atomic E-state index is 13.3. The van der Waals surface area contributed by atoms with Crippen LogP contribution in [-0.4, -0.2) is 50.0 Å². The van der Waals surface area contributed by atoms with Crippen molar-refractivity contribution in [2.45, 2.75) is 25.7 Å². The highest BCUT2D eigenvalue weighted by Gasteiger charge is 2.17. The predicted molar refractivity (Wildman–Crippen MR) is 127 cm³/mol. The number of fused-ring (bicyclic) bond motifs is 1. The summed E-state index contributed by atoms with van der Waals surface area (Å²) in [4.78, 5) is 15.7. The Morgan fingerprint density at radius 2 is 1.68 bits per heavy atom. The average molecular weight is 417 g/mol. The second-order valence-electron chi connectivity index (χ2n) is 8.22. The number of nitrogens with one attached hydrogen (secondary N) is 1. The lowest BCUT2D eigenvalue weighted by Crippen LogP contribution is -2.43. The molecule has 0 atom stereocenters. The van der Waals surface area contributed by atoms with E-state index in [9.17, 15) is 4.79 Å². The number of carbonyl (C=O) groups excluding carboxylic acids is 1. The minimum Gasteiger partial charge on any atom is -0.493 e. The summed E-state index contributed by atoms with van der Waals surface area (Å²) in [5.41, 5.74) is 2.02. The van der Waals surface area contributed by atoms with Crippen LogP contribution in [0.1, 0.15) is 35.2 Å². The molecule has 4 nitrogen and oxygen atoms in total. The van der Waals surface area contributed by atoms with Crippen molar-refractivity contribution >= 4 is 16.6 Å². The molecule has 4 rings (SSSR count). The number of benzene rings is 3. The molecule has 4 heteroatoms. The quantitative estimate of drug-likeness (QED) is 0.384. The Morgan fingerprint density at radius 1 is 0.903 bits per heavy atom. The second-order valence-corrected chi connectivity index (χ2v) is 8.22. The van der Waals surface area contributed by atoms with E-state index in [1.807, 2.05) is 42.5 Å². The fourth-order valence-electron chi connectivity index (χ4n) is 4.29. The van der Waals surface area contributed by atoms with Crippen LogP contribution >= 0.6 is 0 Å². The molecule has 0 bridgehead atoms. The lowest BCUT2D eigenvalue weighted by molar-refractivity contribution is 0.0977. The summed E-state index contributed by atoms with van der Waals surface area (Å²) in [5.74, 6) is 0.897. The number of rotatable bonds is 10. The number of nitrogens with zero attached hydrogens (tertiary/aromatic N) is 1. The van der Waals surface area contributed by atoms with E-state index >= 15 is 0 Å². The third-order valence-electron chi connectivity index (χ3n) is 5.97. The first-order chi connectivity index (χ1) is 15.3. The van der Waals surface area contributed by atoms with Crippen LogP contribution in [0.4, 0.5) is 0 Å². The molecule has 162 valence electrons. The zero-order valence-corrected chi connectivity index (χ0v) is 18.2. The van der Waals surface area contributed by atoms with Crippen molar-refractivity contribution in [1.82, 2.24) is 10.2 Å². The number of ether oxygens (including phenoxy) is 1. The number of piperazine rings is 1. The lowest BCUT2D eigenvalue weighted by Gasteiger charge is -2.27. The van der Waals surface area contributed by atoms with Crippen LogP contribution < -0.4 is 10.1 Å². The number of hydrogen-bond donors (Lipinski definition) is 1. The molecule has 0 spiro atoms. The van der Waals surface area contributed by atoms with Gasteiger partial charge in [0.25, 0.3) is 0 Å². The van der Waals surface area contributed by atoms with Gasteiger partial charge in [-0.05, 0) is 41.7 Å². The molecule has 1 N–H and O–H groups in total. The first-order valence-corrected chi connectivity index (χ1v) is 11.5. The van der Waals surface area contributed by atoms with E-state index < -0.39 is 0 Å². The monoisotopic (exact) mass is 416 g/mol. The first kappa shape index (κ1) is 21.5. The standard InChI is InChI=1S/C27H32N2O2/c30-25(13-6-10-22-8-2-1-3-9-22)27-24-12-5-4-11-23(24)14-15-26(27)31-21-7-18-29-19-16-28-17-20-29/h1-5,8-9,11-12,14-15,28H,6-7,10,13,16-21H2. The molecule has 31 heavy (non-hydrogen) atoms. The summed E-state index contributed by atoms with van der Waals surface area (Å²) in [5, 5.41) is 5.46. The van der Waals surface area contributed by atoms with E-state index in [2.05, 4.69) is 34.5 Å². The Bertz CT molecular complexity index is 981. The van der Waals surface area contributed by atoms with Crippen LogP contribution in [0.15, 0.2) is 66.7 Å². The molecule has 0 radical (unpaired) electrons. The Hall–Kier alpha value is -2.69. The molecular weight excluding hydrogens is 384 g/mol. The van der Waals surface area contributed by atoms with E-state index in [1.54, 1.807) is 0 Å². The molecule has 0 amide bonds. The fraction of sp³-hybridized carbons (Fsp3) is 0.370. The van der Waals surface area contributed by atoms with Gasteiger partial charge in [-0.1, -0.05) is 60.7 Å². The van der Waals surface area contributed by atoms with Gasteiger partial charge in [0.05, 0.1) is 12.2 Å². The van der Waals surface area contributed by atoms with Crippen LogP contribution in [0.25, 0.3) is 10.8 Å². The van der Waals surface area contributed by atoms with Crippen LogP contribution in [0, 0.1) is 0 Å². The SMILES string of the molecule is O=C(CCCc1ccccc1)c1c(OCCCN2CCNCC2)ccc2ccccc12. The van der Waals surface area contributed by atoms with Crippen molar-refractivity contribution in [2.24, 2.45) is 0 Å². The van der Waals surface area contributed by atoms with Crippen molar-refractivity contribution in [3.63, 3.8) is 0 Å². The zero-order chi connectivity index (χ0) is 21.3. The molecule has 0 aliphatic carbocycles. The van der Waals surface area contributed by atoms with Crippen molar-refractivity contribution in [2.75, 3.05) is 39.3 Å². The Balaban J connectivity index is 1.41. The molecule has 0 aromatic heterocycles. The van der Waals surface area contributed by atoms with Crippen LogP contribution in [0.5, 0.6) is 5.75 Å². The molecule has 0 saturated carbocycles. The molecular formula is C27H32N2O2. The average Bonchev–Trinajstić information content (AvgIpc) is 2.83. The number of Topliss-reactive ketones (excluding diaryl/α,β-unsaturated/α-hetero) is 1. The maximum atomic E-state index is 13.3. The van der Waals surface area contributed by atoms with E-state index in [0.717, 1.165) is 74.1 Å². The van der Waals surface area contributed by atoms with Gasteiger partial charge in [0.2, 0.25) is 0 Å². The van der Waals surface area contributed by atoms with Gasteiger partial charge in [-0.3, -0.25) is 4.79 Å². The van der Waals surface area contributed by atoms with Gasteiger partial charge in [0.1, 0.15) is 5.75 Å². The van der Waals surface area contributed by atoms with Gasteiger partial charge in [0, 0.05) is 39.1 Å². The van der Waals surface area contributed by atoms with Crippen molar-refractivity contribution in [3.8, 4) is 5.75 Å². The van der Waals surface area contributed by atoms with Crippen LogP contribution in [0.2, 0.25) is 0 Å². The van der Waals surface area contributed by atoms with E-state index in [4.69, 9.17) is 4.74 Å². The Labute approximate surface area is 185 Å². The summed E-state index contributed by atoms with van der Waals surface area (Å²) in [6.45, 7) is 5.99. The van der Waals surface area contributed by atoms with Gasteiger partial charge < -0.3 is 15.0 Å². The molecule has 1 heterocycles. The highest BCUT2D eigenvalue weighted by atomic mass is 16.5. The van der Waals surface area contributed by atoms with E-state index in [-0.39, 0.29) is 5.78 Å². The summed E-state index contributed by atoms with van der Waals surface area (Å²) < 4.78 is 6.16. The molecule has 1 saturated heterocycles. The minimum atomic E-state index is 0.171. The summed E-state index contributed by atoms with van der Waals surface area (Å²) >= 11 is 0. The van der Waals surface area contributed by atoms with Gasteiger partial charge in [-0.2, -0.15) is 0 Å². The minimum absolute atomic E-state index is 0.171. The highest BCUT2D eigenvalue weighted by Crippen LogP contribution is 2.30. The summed E-state index contributed by atoms with van der Waals surface area (Å²) in [7, 11) is 0. The third-order valence-corrected chi connectivity index (χ3v) is 5.97. The van der Waals surface area contributed by atoms with Crippen LogP contribution in [0.3, 0.4) is 0 Å². The molecule has 3 aromatic carbocycles. The smallest absolute Gasteiger partial charge is 0.167 e. The van der Waals surface area contributed by atoms with Gasteiger partial charge >= 0.3 is 0 Å². The van der Waals surface area contributed by atoms with E-state index in [1.165, 1.54) is 5.56 Å². The topological polar surface area (TPSA) is 41.6 Å². The molecule has 1 fully saturated rings. The van der Waals surface area contributed by atoms with Gasteiger partial charge in [0.15, 0.2) is 5.78 Å². The molecule has 3 aromatic rings. The van der Waals surface area contributed by atoms with Crippen LogP contribution in [-0.2, 0) is 6.42 Å². The Kier molecular flexibility index (Phi) is 7.70. The highest BCUT2D eigenvalue weighted by molar-refractivity contribution is 6.10. The summed E-state index contributed by atoms with van der Waals surface area (Å²) in [6.07, 6.45) is 3.25. The predicted octanol–water partition coefficient (Wildman–Crippen LogP) is 4.72. The molecule has 0 unspecified atom stereocenters. The normalized spacial score (nSPS) is 14.6. The van der Waals surface area contributed by atoms with E-state index in [0.29, 0.717) is 13.0 Å². The zero-order valence-electron chi connectivity index (χ0n) is 18.2. The second kappa shape index (κ2) is 11.1. The third kappa shape index (κ3) is 5.93. The fourth-order valence-corrected chi connectivity index (χ4v) is 4.29. The maximum Gasteiger partial charge on any atom is 0.167 e. The van der Waals surface area contributed by atoms with Crippen molar-refractivity contribution in [1.29, 1.82) is 0 Å². The summed E-state index contributed by atoms with van der Waals surface area (Å²) in [6, 6.07) is 22.5. The van der Waals surface area contributed by atoms with Crippen molar-refractivity contribution in [3.05, 3.63) is 77.9 Å². The van der Waals surface area contributed by atoms with Gasteiger partial charge in [-0.15, -0.1) is 0 Å². The largest absolute Gasteiger partial charge is 0.493 e. The number of carbonyl (C=O) groups is 1. The molecule has 1 aliphatic heterocycles. The first-order valence-electron chi connectivity index (χ1n) is 11.5. The number of hydrogen-bond acceptors (Lipinski definition) is 4. The van der Waals surface area contributed by atoms with Crippen molar-refractivity contribution < 1.29 is 9.53 Å². The number of aryl methyl sites for hydroxylation is 1. The lowest BCUT2D eigenvalue weighted by atomic mass is 9.96.